The average Bonchev–Trinajstić information content (AvgIpc) is 1.00. The Labute approximate surface area is 41.2 Å². The standard InChI is InChI=1S/ClH.H3NO.H2Se/c;1-2;/h1H;2H,1H2;1H2. The number of rotatable bonds is 0. The van der Waals surface area contributed by atoms with Crippen LogP contribution in [0.3, 0.4) is 0 Å². The van der Waals surface area contributed by atoms with E-state index in [4.69, 9.17) is 5.21 Å². The Bertz CT molecular complexity index is 8.00. The third kappa shape index (κ3) is 15.3. The molecule has 0 aliphatic carbocycles. The molecular weight excluding hydrogens is 144 g/mol. The SMILES string of the molecule is Cl.NO.[SeH2]. The van der Waals surface area contributed by atoms with Crippen LogP contribution in [-0.2, 0) is 0 Å². The topological polar surface area (TPSA) is 46.2 Å². The third-order valence-electron chi connectivity index (χ3n) is 0. The molecule has 30 valence electrons. The first-order valence-corrected chi connectivity index (χ1v) is 0.258. The van der Waals surface area contributed by atoms with Crippen LogP contribution in [0.1, 0.15) is 0 Å². The van der Waals surface area contributed by atoms with Crippen LogP contribution in [0.4, 0.5) is 0 Å². The van der Waals surface area contributed by atoms with Crippen LogP contribution >= 0.6 is 12.4 Å². The molecule has 0 saturated carbocycles. The molecule has 0 spiro atoms. The molecule has 0 fully saturated rings. The summed E-state index contributed by atoms with van der Waals surface area (Å²) in [5.74, 6) is 3.50. The fourth-order valence-electron chi connectivity index (χ4n) is 0. The molecule has 0 aliphatic rings. The van der Waals surface area contributed by atoms with Crippen LogP contribution in [0.5, 0.6) is 0 Å². The van der Waals surface area contributed by atoms with E-state index in [9.17, 15) is 0 Å². The van der Waals surface area contributed by atoms with Gasteiger partial charge >= 0.3 is 17.1 Å². The van der Waals surface area contributed by atoms with E-state index in [0.717, 1.165) is 0 Å². The predicted molar refractivity (Wildman–Crippen MR) is 21.8 cm³/mol. The summed E-state index contributed by atoms with van der Waals surface area (Å²) in [6, 6.07) is 0. The molecule has 0 aromatic rings. The van der Waals surface area contributed by atoms with Crippen molar-refractivity contribution in [3.05, 3.63) is 0 Å². The van der Waals surface area contributed by atoms with Gasteiger partial charge in [0.1, 0.15) is 0 Å². The van der Waals surface area contributed by atoms with Gasteiger partial charge in [0.2, 0.25) is 0 Å². The molecule has 0 radical (unpaired) electrons. The normalized spacial score (nSPS) is 1.50. The fourth-order valence-corrected chi connectivity index (χ4v) is 0. The summed E-state index contributed by atoms with van der Waals surface area (Å²) >= 11 is 0. The van der Waals surface area contributed by atoms with Crippen molar-refractivity contribution in [2.75, 3.05) is 0 Å². The first kappa shape index (κ1) is 22.0. The second kappa shape index (κ2) is 52.2. The Kier molecular flexibility index (Phi) is 287. The van der Waals surface area contributed by atoms with Gasteiger partial charge in [0, 0.05) is 0 Å². The summed E-state index contributed by atoms with van der Waals surface area (Å²) in [4.78, 5) is 0. The van der Waals surface area contributed by atoms with Gasteiger partial charge in [-0.05, 0) is 0 Å². The van der Waals surface area contributed by atoms with Crippen LogP contribution in [-0.4, -0.2) is 22.3 Å². The number of hydrogen-bond acceptors (Lipinski definition) is 2. The molecule has 0 aromatic heterocycles. The summed E-state index contributed by atoms with van der Waals surface area (Å²) in [6.45, 7) is 0. The van der Waals surface area contributed by atoms with Crippen molar-refractivity contribution >= 4 is 29.5 Å². The van der Waals surface area contributed by atoms with Crippen LogP contribution < -0.4 is 5.90 Å². The van der Waals surface area contributed by atoms with Crippen LogP contribution in [0.2, 0.25) is 0 Å². The Hall–Kier alpha value is 0.729. The maximum absolute atomic E-state index is 6.50. The van der Waals surface area contributed by atoms with Gasteiger partial charge in [-0.2, -0.15) is 0 Å². The van der Waals surface area contributed by atoms with E-state index in [-0.39, 0.29) is 29.5 Å². The number of halogens is 1. The van der Waals surface area contributed by atoms with Crippen molar-refractivity contribution in [3.8, 4) is 0 Å². The van der Waals surface area contributed by atoms with Gasteiger partial charge in [0.25, 0.3) is 0 Å². The minimum absolute atomic E-state index is 0. The van der Waals surface area contributed by atoms with Gasteiger partial charge in [-0.15, -0.1) is 12.4 Å². The molecule has 0 amide bonds. The van der Waals surface area contributed by atoms with E-state index < -0.39 is 0 Å². The Morgan fingerprint density at radius 1 is 1.25 bits per heavy atom. The van der Waals surface area contributed by atoms with Gasteiger partial charge in [0.05, 0.1) is 0 Å². The maximum atomic E-state index is 6.50. The summed E-state index contributed by atoms with van der Waals surface area (Å²) in [5.41, 5.74) is 0. The zero-order chi connectivity index (χ0) is 2.00. The summed E-state index contributed by atoms with van der Waals surface area (Å²) in [6.07, 6.45) is 0. The van der Waals surface area contributed by atoms with E-state index in [0.29, 0.717) is 0 Å². The Balaban J connectivity index is -0.00000000500. The number of nitrogens with two attached hydrogens (primary N) is 1. The molecule has 0 rings (SSSR count). The fraction of sp³-hybridized carbons (Fsp3) is 0. The van der Waals surface area contributed by atoms with Gasteiger partial charge in [-0.25, -0.2) is 5.90 Å². The first-order valence-electron chi connectivity index (χ1n) is 0.258. The molecule has 0 bridgehead atoms. The molecule has 4 heavy (non-hydrogen) atoms. The van der Waals surface area contributed by atoms with Gasteiger partial charge < -0.3 is 5.21 Å². The molecule has 0 saturated heterocycles. The molecule has 0 unspecified atom stereocenters. The van der Waals surface area contributed by atoms with Gasteiger partial charge in [0.15, 0.2) is 0 Å². The van der Waals surface area contributed by atoms with E-state index in [1.165, 1.54) is 0 Å². The molecule has 0 atom stereocenters. The van der Waals surface area contributed by atoms with Crippen molar-refractivity contribution in [1.29, 1.82) is 0 Å². The monoisotopic (exact) mass is 151 g/mol. The minimum atomic E-state index is 0. The molecule has 0 heterocycles. The predicted octanol–water partition coefficient (Wildman–Crippen LogP) is -1.16. The molecule has 3 N–H and O–H groups in total. The first-order chi connectivity index (χ1) is 1.00. The second-order valence-corrected chi connectivity index (χ2v) is 0. The second-order valence-electron chi connectivity index (χ2n) is 0. The van der Waals surface area contributed by atoms with E-state index in [1.54, 1.807) is 0 Å². The van der Waals surface area contributed by atoms with Crippen LogP contribution in [0.15, 0.2) is 0 Å². The molecule has 4 heteroatoms. The van der Waals surface area contributed by atoms with Crippen LogP contribution in [0, 0.1) is 0 Å². The number of hydrogen-bond donors (Lipinski definition) is 2. The van der Waals surface area contributed by atoms with E-state index in [1.807, 2.05) is 0 Å². The Morgan fingerprint density at radius 3 is 1.25 bits per heavy atom. The quantitative estimate of drug-likeness (QED) is 0.338. The van der Waals surface area contributed by atoms with Crippen molar-refractivity contribution in [1.82, 2.24) is 0 Å². The summed E-state index contributed by atoms with van der Waals surface area (Å²) in [7, 11) is 0. The molecular formula is H6ClNOSe. The third-order valence-corrected chi connectivity index (χ3v) is 0. The van der Waals surface area contributed by atoms with Gasteiger partial charge in [-0.1, -0.05) is 0 Å². The zero-order valence-corrected chi connectivity index (χ0v) is 4.85. The Morgan fingerprint density at radius 2 is 1.25 bits per heavy atom. The van der Waals surface area contributed by atoms with Crippen molar-refractivity contribution < 1.29 is 5.21 Å². The molecule has 2 nitrogen and oxygen atoms in total. The van der Waals surface area contributed by atoms with E-state index >= 15 is 0 Å². The molecule has 0 aromatic carbocycles. The van der Waals surface area contributed by atoms with E-state index in [2.05, 4.69) is 5.90 Å². The zero-order valence-electron chi connectivity index (χ0n) is 1.93. The van der Waals surface area contributed by atoms with Crippen molar-refractivity contribution in [2.24, 2.45) is 5.90 Å². The molecule has 0 aliphatic heterocycles. The van der Waals surface area contributed by atoms with Gasteiger partial charge in [-0.3, -0.25) is 0 Å². The summed E-state index contributed by atoms with van der Waals surface area (Å²) < 4.78 is 0. The van der Waals surface area contributed by atoms with Crippen LogP contribution in [0.25, 0.3) is 0 Å². The average molecular weight is 150 g/mol. The van der Waals surface area contributed by atoms with Crippen molar-refractivity contribution in [2.45, 2.75) is 0 Å². The summed E-state index contributed by atoms with van der Waals surface area (Å²) in [5, 5.41) is 6.50. The van der Waals surface area contributed by atoms with Crippen molar-refractivity contribution in [3.63, 3.8) is 0 Å².